The summed E-state index contributed by atoms with van der Waals surface area (Å²) in [6.45, 7) is 11.8. The van der Waals surface area contributed by atoms with Crippen LogP contribution in [-0.2, 0) is 0 Å². The van der Waals surface area contributed by atoms with Crippen molar-refractivity contribution in [2.45, 2.75) is 59.8 Å². The lowest BCUT2D eigenvalue weighted by Gasteiger charge is -2.24. The van der Waals surface area contributed by atoms with Crippen LogP contribution in [0.2, 0.25) is 0 Å². The van der Waals surface area contributed by atoms with E-state index in [9.17, 15) is 0 Å². The first-order valence-electron chi connectivity index (χ1n) is 7.55. The van der Waals surface area contributed by atoms with E-state index in [1.165, 1.54) is 45.2 Å². The molecule has 0 aromatic heterocycles. The highest BCUT2D eigenvalue weighted by molar-refractivity contribution is 5.06. The predicted octanol–water partition coefficient (Wildman–Crippen LogP) is 4.39. The minimum atomic E-state index is 0.912. The fourth-order valence-electron chi connectivity index (χ4n) is 2.63. The van der Waals surface area contributed by atoms with Gasteiger partial charge in [-0.25, -0.2) is 0 Å². The molecule has 0 aromatic rings. The van der Waals surface area contributed by atoms with Crippen LogP contribution in [0.4, 0.5) is 0 Å². The summed E-state index contributed by atoms with van der Waals surface area (Å²) in [5.41, 5.74) is 1.67. The molecule has 100 valence electrons. The largest absolute Gasteiger partial charge is 0.316 e. The highest BCUT2D eigenvalue weighted by atomic mass is 14.9. The van der Waals surface area contributed by atoms with Crippen molar-refractivity contribution in [3.8, 4) is 0 Å². The van der Waals surface area contributed by atoms with Gasteiger partial charge in [-0.15, -0.1) is 0 Å². The van der Waals surface area contributed by atoms with Gasteiger partial charge < -0.3 is 5.32 Å². The van der Waals surface area contributed by atoms with E-state index in [0.717, 1.165) is 17.8 Å². The Balaban J connectivity index is 0.000000181. The summed E-state index contributed by atoms with van der Waals surface area (Å²) < 4.78 is 0. The van der Waals surface area contributed by atoms with E-state index in [1.54, 1.807) is 5.57 Å². The van der Waals surface area contributed by atoms with Crippen LogP contribution in [0.5, 0.6) is 0 Å². The van der Waals surface area contributed by atoms with Crippen LogP contribution in [0.25, 0.3) is 0 Å². The third-order valence-corrected chi connectivity index (χ3v) is 4.53. The second-order valence-corrected chi connectivity index (χ2v) is 5.88. The van der Waals surface area contributed by atoms with Crippen molar-refractivity contribution in [1.82, 2.24) is 5.32 Å². The molecule has 2 aliphatic rings. The Hall–Kier alpha value is -0.300. The fraction of sp³-hybridized carbons (Fsp3) is 0.875. The molecular formula is C16H31N. The van der Waals surface area contributed by atoms with E-state index in [4.69, 9.17) is 0 Å². The molecular weight excluding hydrogens is 206 g/mol. The molecule has 0 amide bonds. The van der Waals surface area contributed by atoms with Gasteiger partial charge in [0.25, 0.3) is 0 Å². The van der Waals surface area contributed by atoms with E-state index >= 15 is 0 Å². The van der Waals surface area contributed by atoms with Crippen LogP contribution in [-0.4, -0.2) is 13.1 Å². The van der Waals surface area contributed by atoms with Crippen LogP contribution in [0.15, 0.2) is 11.6 Å². The molecule has 1 aliphatic carbocycles. The van der Waals surface area contributed by atoms with Gasteiger partial charge in [0.05, 0.1) is 0 Å². The van der Waals surface area contributed by atoms with Gasteiger partial charge in [0, 0.05) is 0 Å². The third kappa shape index (κ3) is 5.25. The average molecular weight is 237 g/mol. The molecule has 1 heteroatoms. The van der Waals surface area contributed by atoms with Crippen molar-refractivity contribution in [3.05, 3.63) is 11.6 Å². The van der Waals surface area contributed by atoms with E-state index < -0.39 is 0 Å². The fourth-order valence-corrected chi connectivity index (χ4v) is 2.63. The van der Waals surface area contributed by atoms with Crippen LogP contribution in [0.1, 0.15) is 59.8 Å². The number of hydrogen-bond donors (Lipinski definition) is 1. The standard InChI is InChI=1S/C10H18.C6H13N/c1-4-10-6-5-8(2)9(3)7-10;1-2-6-3-4-7-5-6/h6,8-9H,4-5,7H2,1-3H3;6-7H,2-5H2,1H3. The van der Waals surface area contributed by atoms with Gasteiger partial charge in [-0.3, -0.25) is 0 Å². The number of allylic oxidation sites excluding steroid dienone is 2. The van der Waals surface area contributed by atoms with Crippen LogP contribution >= 0.6 is 0 Å². The number of rotatable bonds is 2. The Morgan fingerprint density at radius 3 is 2.41 bits per heavy atom. The van der Waals surface area contributed by atoms with Gasteiger partial charge >= 0.3 is 0 Å². The van der Waals surface area contributed by atoms with Gasteiger partial charge in [0.2, 0.25) is 0 Å². The first-order valence-corrected chi connectivity index (χ1v) is 7.55. The third-order valence-electron chi connectivity index (χ3n) is 4.53. The molecule has 1 aliphatic heterocycles. The lowest BCUT2D eigenvalue weighted by atomic mass is 9.81. The quantitative estimate of drug-likeness (QED) is 0.702. The highest BCUT2D eigenvalue weighted by Crippen LogP contribution is 2.29. The molecule has 0 spiro atoms. The summed E-state index contributed by atoms with van der Waals surface area (Å²) in [6, 6.07) is 0. The normalized spacial score (nSPS) is 32.7. The van der Waals surface area contributed by atoms with Crippen molar-refractivity contribution in [1.29, 1.82) is 0 Å². The molecule has 2 rings (SSSR count). The molecule has 1 saturated heterocycles. The monoisotopic (exact) mass is 237 g/mol. The first-order chi connectivity index (χ1) is 8.17. The van der Waals surface area contributed by atoms with Crippen LogP contribution < -0.4 is 5.32 Å². The van der Waals surface area contributed by atoms with Crippen molar-refractivity contribution in [3.63, 3.8) is 0 Å². The molecule has 3 atom stereocenters. The van der Waals surface area contributed by atoms with Gasteiger partial charge in [-0.1, -0.05) is 45.8 Å². The van der Waals surface area contributed by atoms with Crippen molar-refractivity contribution in [2.24, 2.45) is 17.8 Å². The Morgan fingerprint density at radius 2 is 2.00 bits per heavy atom. The molecule has 0 bridgehead atoms. The lowest BCUT2D eigenvalue weighted by Crippen LogP contribution is -2.12. The van der Waals surface area contributed by atoms with E-state index in [2.05, 4.69) is 39.1 Å². The number of hydrogen-bond acceptors (Lipinski definition) is 1. The van der Waals surface area contributed by atoms with Crippen LogP contribution in [0, 0.1) is 17.8 Å². The average Bonchev–Trinajstić information content (AvgIpc) is 2.86. The first kappa shape index (κ1) is 14.8. The van der Waals surface area contributed by atoms with Crippen molar-refractivity contribution in [2.75, 3.05) is 13.1 Å². The van der Waals surface area contributed by atoms with E-state index in [0.29, 0.717) is 0 Å². The summed E-state index contributed by atoms with van der Waals surface area (Å²) >= 11 is 0. The van der Waals surface area contributed by atoms with Crippen LogP contribution in [0.3, 0.4) is 0 Å². The zero-order valence-corrected chi connectivity index (χ0v) is 12.3. The molecule has 1 heterocycles. The molecule has 0 aromatic carbocycles. The number of nitrogens with one attached hydrogen (secondary N) is 1. The molecule has 0 saturated carbocycles. The molecule has 3 unspecified atom stereocenters. The van der Waals surface area contributed by atoms with Gasteiger partial charge in [0.1, 0.15) is 0 Å². The predicted molar refractivity (Wildman–Crippen MR) is 77.2 cm³/mol. The van der Waals surface area contributed by atoms with E-state index in [-0.39, 0.29) is 0 Å². The molecule has 17 heavy (non-hydrogen) atoms. The summed E-state index contributed by atoms with van der Waals surface area (Å²) in [4.78, 5) is 0. The zero-order valence-electron chi connectivity index (χ0n) is 12.3. The van der Waals surface area contributed by atoms with Crippen molar-refractivity contribution >= 4 is 0 Å². The Bertz CT molecular complexity index is 226. The van der Waals surface area contributed by atoms with Gasteiger partial charge in [-0.2, -0.15) is 0 Å². The van der Waals surface area contributed by atoms with E-state index in [1.807, 2.05) is 0 Å². The maximum absolute atomic E-state index is 3.32. The Kier molecular flexibility index (Phi) is 6.87. The summed E-state index contributed by atoms with van der Waals surface area (Å²) in [5, 5.41) is 3.32. The molecule has 0 radical (unpaired) electrons. The Labute approximate surface area is 108 Å². The Morgan fingerprint density at radius 1 is 1.24 bits per heavy atom. The smallest absolute Gasteiger partial charge is 0.00201 e. The molecule has 1 N–H and O–H groups in total. The zero-order chi connectivity index (χ0) is 12.7. The molecule has 1 nitrogen and oxygen atoms in total. The topological polar surface area (TPSA) is 12.0 Å². The summed E-state index contributed by atoms with van der Waals surface area (Å²) in [7, 11) is 0. The summed E-state index contributed by atoms with van der Waals surface area (Å²) in [5.74, 6) is 2.82. The van der Waals surface area contributed by atoms with Crippen molar-refractivity contribution < 1.29 is 0 Å². The lowest BCUT2D eigenvalue weighted by molar-refractivity contribution is 0.366. The minimum Gasteiger partial charge on any atom is -0.316 e. The SMILES string of the molecule is CCC1=CCC(C)C(C)C1.CCC1CCNC1. The second kappa shape index (κ2) is 7.92. The van der Waals surface area contributed by atoms with Gasteiger partial charge in [-0.05, 0) is 56.5 Å². The van der Waals surface area contributed by atoms with Gasteiger partial charge in [0.15, 0.2) is 0 Å². The maximum atomic E-state index is 3.32. The summed E-state index contributed by atoms with van der Waals surface area (Å²) in [6.07, 6.45) is 9.10. The maximum Gasteiger partial charge on any atom is -0.00201 e. The second-order valence-electron chi connectivity index (χ2n) is 5.88. The minimum absolute atomic E-state index is 0.912. The highest BCUT2D eigenvalue weighted by Gasteiger charge is 2.16. The molecule has 1 fully saturated rings.